The molecule has 5 nitrogen and oxygen atoms in total. The van der Waals surface area contributed by atoms with Crippen molar-refractivity contribution >= 4 is 51.9 Å². The molecule has 0 radical (unpaired) electrons. The molecule has 116 valence electrons. The first kappa shape index (κ1) is 15.4. The second-order valence-electron chi connectivity index (χ2n) is 4.76. The highest BCUT2D eigenvalue weighted by molar-refractivity contribution is 6.35. The molecule has 0 saturated heterocycles. The van der Waals surface area contributed by atoms with Gasteiger partial charge in [-0.25, -0.2) is 9.97 Å². The number of nitrogen functional groups attached to an aromatic ring is 1. The Balaban J connectivity index is 1.87. The smallest absolute Gasteiger partial charge is 0.159 e. The van der Waals surface area contributed by atoms with E-state index in [9.17, 15) is 0 Å². The van der Waals surface area contributed by atoms with Crippen LogP contribution in [0.1, 0.15) is 0 Å². The minimum absolute atomic E-state index is 0.396. The van der Waals surface area contributed by atoms with Crippen molar-refractivity contribution in [2.24, 2.45) is 0 Å². The summed E-state index contributed by atoms with van der Waals surface area (Å²) in [6.07, 6.45) is 1.43. The van der Waals surface area contributed by atoms with Gasteiger partial charge >= 0.3 is 0 Å². The number of rotatable bonds is 4. The van der Waals surface area contributed by atoms with Gasteiger partial charge in [-0.15, -0.1) is 0 Å². The molecule has 0 saturated carbocycles. The van der Waals surface area contributed by atoms with Crippen molar-refractivity contribution in [3.63, 3.8) is 0 Å². The predicted octanol–water partition coefficient (Wildman–Crippen LogP) is 4.85. The summed E-state index contributed by atoms with van der Waals surface area (Å²) in [7, 11) is 0. The molecule has 0 unspecified atom stereocenters. The van der Waals surface area contributed by atoms with Crippen LogP contribution in [0.4, 0.5) is 28.7 Å². The number of nitrogens with zero attached hydrogens (tertiary/aromatic N) is 2. The number of halogens is 2. The van der Waals surface area contributed by atoms with Crippen molar-refractivity contribution in [3.8, 4) is 0 Å². The van der Waals surface area contributed by atoms with Crippen molar-refractivity contribution in [2.45, 2.75) is 0 Å². The summed E-state index contributed by atoms with van der Waals surface area (Å²) >= 11 is 12.0. The van der Waals surface area contributed by atoms with Crippen LogP contribution in [-0.2, 0) is 0 Å². The molecule has 0 aliphatic rings. The van der Waals surface area contributed by atoms with E-state index in [2.05, 4.69) is 20.6 Å². The van der Waals surface area contributed by atoms with Gasteiger partial charge in [-0.05, 0) is 30.3 Å². The predicted molar refractivity (Wildman–Crippen MR) is 95.9 cm³/mol. The van der Waals surface area contributed by atoms with Crippen LogP contribution in [0.15, 0.2) is 54.9 Å². The molecule has 0 aliphatic heterocycles. The molecule has 0 fully saturated rings. The van der Waals surface area contributed by atoms with Crippen LogP contribution in [0.3, 0.4) is 0 Å². The molecule has 2 aromatic carbocycles. The maximum absolute atomic E-state index is 6.14. The van der Waals surface area contributed by atoms with Gasteiger partial charge in [0, 0.05) is 21.4 Å². The molecule has 0 spiro atoms. The zero-order valence-corrected chi connectivity index (χ0v) is 13.4. The summed E-state index contributed by atoms with van der Waals surface area (Å²) in [5.74, 6) is 0.985. The van der Waals surface area contributed by atoms with E-state index in [4.69, 9.17) is 28.9 Å². The van der Waals surface area contributed by atoms with Crippen molar-refractivity contribution in [1.29, 1.82) is 0 Å². The maximum atomic E-state index is 6.14. The van der Waals surface area contributed by atoms with Gasteiger partial charge in [0.25, 0.3) is 0 Å². The van der Waals surface area contributed by atoms with E-state index in [1.165, 1.54) is 6.33 Å². The Morgan fingerprint density at radius 3 is 1.96 bits per heavy atom. The Kier molecular flexibility index (Phi) is 4.50. The molecule has 3 aromatic rings. The first-order valence-corrected chi connectivity index (χ1v) is 7.53. The van der Waals surface area contributed by atoms with Crippen LogP contribution < -0.4 is 16.4 Å². The number of aromatic nitrogens is 2. The molecular weight excluding hydrogens is 333 g/mol. The Hall–Kier alpha value is -2.50. The van der Waals surface area contributed by atoms with Crippen molar-refractivity contribution < 1.29 is 0 Å². The van der Waals surface area contributed by atoms with E-state index in [1.807, 2.05) is 30.3 Å². The average molecular weight is 346 g/mol. The molecule has 3 rings (SSSR count). The van der Waals surface area contributed by atoms with E-state index >= 15 is 0 Å². The summed E-state index contributed by atoms with van der Waals surface area (Å²) in [6, 6.07) is 14.7. The third-order valence-electron chi connectivity index (χ3n) is 3.05. The fourth-order valence-electron chi connectivity index (χ4n) is 2.02. The lowest BCUT2D eigenvalue weighted by molar-refractivity contribution is 1.17. The van der Waals surface area contributed by atoms with Crippen LogP contribution in [0.25, 0.3) is 0 Å². The SMILES string of the molecule is Nc1c(Nc2ccccc2)ncnc1Nc1cc(Cl)cc(Cl)c1. The Labute approximate surface area is 143 Å². The van der Waals surface area contributed by atoms with Gasteiger partial charge in [-0.2, -0.15) is 0 Å². The maximum Gasteiger partial charge on any atom is 0.159 e. The van der Waals surface area contributed by atoms with Crippen molar-refractivity contribution in [1.82, 2.24) is 9.97 Å². The molecular formula is C16H13Cl2N5. The molecule has 0 aliphatic carbocycles. The number of nitrogens with two attached hydrogens (primary N) is 1. The summed E-state index contributed by atoms with van der Waals surface area (Å²) in [5, 5.41) is 7.29. The fraction of sp³-hybridized carbons (Fsp3) is 0. The molecule has 0 amide bonds. The largest absolute Gasteiger partial charge is 0.393 e. The third kappa shape index (κ3) is 3.83. The third-order valence-corrected chi connectivity index (χ3v) is 3.48. The lowest BCUT2D eigenvalue weighted by atomic mass is 10.3. The quantitative estimate of drug-likeness (QED) is 0.629. The lowest BCUT2D eigenvalue weighted by Crippen LogP contribution is -2.05. The molecule has 23 heavy (non-hydrogen) atoms. The summed E-state index contributed by atoms with van der Waals surface area (Å²) in [5.41, 5.74) is 8.11. The molecule has 0 bridgehead atoms. The van der Waals surface area contributed by atoms with Crippen LogP contribution >= 0.6 is 23.2 Å². The molecule has 7 heteroatoms. The van der Waals surface area contributed by atoms with E-state index in [-0.39, 0.29) is 0 Å². The van der Waals surface area contributed by atoms with Gasteiger partial charge in [-0.1, -0.05) is 41.4 Å². The van der Waals surface area contributed by atoms with Crippen LogP contribution in [0, 0.1) is 0 Å². The van der Waals surface area contributed by atoms with Gasteiger partial charge in [0.15, 0.2) is 11.6 Å². The van der Waals surface area contributed by atoms with Gasteiger partial charge in [0.2, 0.25) is 0 Å². The fourth-order valence-corrected chi connectivity index (χ4v) is 2.54. The number of nitrogens with one attached hydrogen (secondary N) is 2. The second kappa shape index (κ2) is 6.73. The molecule has 1 heterocycles. The summed E-state index contributed by atoms with van der Waals surface area (Å²) in [6.45, 7) is 0. The van der Waals surface area contributed by atoms with Crippen LogP contribution in [-0.4, -0.2) is 9.97 Å². The topological polar surface area (TPSA) is 75.9 Å². The van der Waals surface area contributed by atoms with E-state index in [0.717, 1.165) is 5.69 Å². The van der Waals surface area contributed by atoms with Gasteiger partial charge < -0.3 is 16.4 Å². The molecule has 4 N–H and O–H groups in total. The summed E-state index contributed by atoms with van der Waals surface area (Å²) in [4.78, 5) is 8.33. The van der Waals surface area contributed by atoms with E-state index < -0.39 is 0 Å². The number of hydrogen-bond donors (Lipinski definition) is 3. The van der Waals surface area contributed by atoms with E-state index in [1.54, 1.807) is 18.2 Å². The monoisotopic (exact) mass is 345 g/mol. The minimum atomic E-state index is 0.396. The van der Waals surface area contributed by atoms with Crippen molar-refractivity contribution in [3.05, 3.63) is 64.9 Å². The highest BCUT2D eigenvalue weighted by Gasteiger charge is 2.09. The Bertz CT molecular complexity index is 804. The zero-order valence-electron chi connectivity index (χ0n) is 11.9. The van der Waals surface area contributed by atoms with Crippen LogP contribution in [0.2, 0.25) is 10.0 Å². The average Bonchev–Trinajstić information content (AvgIpc) is 2.51. The molecule has 1 aromatic heterocycles. The molecule has 0 atom stereocenters. The van der Waals surface area contributed by atoms with Gasteiger partial charge in [0.05, 0.1) is 0 Å². The standard InChI is InChI=1S/C16H13Cl2N5/c17-10-6-11(18)8-13(7-10)23-16-14(19)15(20-9-21-16)22-12-4-2-1-3-5-12/h1-9H,19H2,(H2,20,21,22,23). The first-order chi connectivity index (χ1) is 11.1. The van der Waals surface area contributed by atoms with Gasteiger partial charge in [-0.3, -0.25) is 0 Å². The normalized spacial score (nSPS) is 10.3. The highest BCUT2D eigenvalue weighted by atomic mass is 35.5. The van der Waals surface area contributed by atoms with Gasteiger partial charge in [0.1, 0.15) is 12.0 Å². The zero-order chi connectivity index (χ0) is 16.2. The minimum Gasteiger partial charge on any atom is -0.393 e. The number of hydrogen-bond acceptors (Lipinski definition) is 5. The lowest BCUT2D eigenvalue weighted by Gasteiger charge is -2.13. The van der Waals surface area contributed by atoms with Crippen molar-refractivity contribution in [2.75, 3.05) is 16.4 Å². The Morgan fingerprint density at radius 1 is 0.783 bits per heavy atom. The highest BCUT2D eigenvalue weighted by Crippen LogP contribution is 2.30. The summed E-state index contributed by atoms with van der Waals surface area (Å²) < 4.78 is 0. The Morgan fingerprint density at radius 2 is 1.35 bits per heavy atom. The first-order valence-electron chi connectivity index (χ1n) is 6.77. The second-order valence-corrected chi connectivity index (χ2v) is 5.63. The number of para-hydroxylation sites is 1. The van der Waals surface area contributed by atoms with E-state index in [0.29, 0.717) is 33.1 Å². The number of benzene rings is 2. The van der Waals surface area contributed by atoms with Crippen LogP contribution in [0.5, 0.6) is 0 Å². The number of anilines is 5.